The maximum absolute atomic E-state index is 13.9. The fraction of sp³-hybridized carbons (Fsp3) is 0.435. The molecule has 3 aromatic carbocycles. The van der Waals surface area contributed by atoms with E-state index in [0.29, 0.717) is 51.5 Å². The molecule has 1 unspecified atom stereocenters. The van der Waals surface area contributed by atoms with Gasteiger partial charge < -0.3 is 39.6 Å². The van der Waals surface area contributed by atoms with E-state index in [2.05, 4.69) is 81.6 Å². The van der Waals surface area contributed by atoms with Gasteiger partial charge in [-0.2, -0.15) is 0 Å². The first-order chi connectivity index (χ1) is 29.6. The van der Waals surface area contributed by atoms with Crippen molar-refractivity contribution in [3.05, 3.63) is 89.5 Å². The monoisotopic (exact) mass is 830 g/mol. The molecule has 4 atom stereocenters. The number of hydrogen-bond acceptors (Lipinski definition) is 10. The normalized spacial score (nSPS) is 20.6. The van der Waals surface area contributed by atoms with Crippen LogP contribution in [0.25, 0.3) is 33.2 Å². The van der Waals surface area contributed by atoms with Crippen molar-refractivity contribution in [1.82, 2.24) is 35.7 Å². The first-order valence-electron chi connectivity index (χ1n) is 21.2. The Kier molecular flexibility index (Phi) is 12.4. The van der Waals surface area contributed by atoms with Gasteiger partial charge in [-0.25, -0.2) is 14.6 Å². The molecule has 61 heavy (non-hydrogen) atoms. The minimum absolute atomic E-state index is 0.00559. The number of fused-ring (bicyclic) bond motifs is 1. The van der Waals surface area contributed by atoms with Crippen LogP contribution in [0.1, 0.15) is 75.8 Å². The van der Waals surface area contributed by atoms with E-state index in [1.54, 1.807) is 4.90 Å². The van der Waals surface area contributed by atoms with Crippen molar-refractivity contribution in [1.29, 1.82) is 0 Å². The smallest absolute Gasteiger partial charge is 0.411 e. The molecule has 0 radical (unpaired) electrons. The zero-order valence-electron chi connectivity index (χ0n) is 35.2. The zero-order chi connectivity index (χ0) is 42.6. The lowest BCUT2D eigenvalue weighted by Crippen LogP contribution is -2.54. The second-order valence-corrected chi connectivity index (χ2v) is 16.4. The molecular formula is C46H54N8O7. The van der Waals surface area contributed by atoms with Crippen molar-refractivity contribution in [3.63, 3.8) is 0 Å². The van der Waals surface area contributed by atoms with Gasteiger partial charge in [0.05, 0.1) is 64.0 Å². The molecular weight excluding hydrogens is 777 g/mol. The van der Waals surface area contributed by atoms with Crippen LogP contribution in [0.15, 0.2) is 83.1 Å². The zero-order valence-corrected chi connectivity index (χ0v) is 35.2. The molecule has 4 N–H and O–H groups in total. The van der Waals surface area contributed by atoms with Gasteiger partial charge in [0, 0.05) is 13.1 Å². The van der Waals surface area contributed by atoms with Crippen molar-refractivity contribution >= 4 is 40.6 Å². The van der Waals surface area contributed by atoms with Gasteiger partial charge in [0.25, 0.3) is 5.91 Å². The molecule has 0 bridgehead atoms. The summed E-state index contributed by atoms with van der Waals surface area (Å²) >= 11 is 0. The van der Waals surface area contributed by atoms with E-state index in [9.17, 15) is 19.2 Å². The first kappa shape index (κ1) is 41.5. The molecule has 15 nitrogen and oxygen atoms in total. The molecule has 5 heterocycles. The standard InChI is InChI=1S/C46H54N8O7/c1-27(2)39(51-45(57)59-3)43(55)53-19-5-7-37(53)42-48-26-36(50-42)34-16-15-32-23-31(13-14-33(32)24-34)28-9-11-29(12-10-28)35-25-47-41(49-35)38-8-6-20-54(38)44(56)40(52-46(58)60-4)30-17-21-61-22-18-30/h9-16,23-25,27,36-39H,5-8,17-22,26H2,1-4H3,(H,47,49)(H,48,50)(H,51,57)(H,52,58)/t36?,37-,38-,39-/m0/s1. The number of amidine groups is 1. The maximum Gasteiger partial charge on any atom is 0.411 e. The SMILES string of the molecule is COC(=O)NC(C(=O)N1CCC[C@H]1c1ncc(-c2ccc(-c3ccc4cc(C5CN=C([C@@H]6CCCN6C(=O)[C@@H](NC(=O)OC)C(C)C)N5)ccc4c3)cc2)[nH]1)=C1CCOCC1. The highest BCUT2D eigenvalue weighted by Crippen LogP contribution is 2.35. The van der Waals surface area contributed by atoms with E-state index in [0.717, 1.165) is 75.8 Å². The number of ether oxygens (including phenoxy) is 3. The van der Waals surface area contributed by atoms with Crippen molar-refractivity contribution in [2.24, 2.45) is 10.9 Å². The summed E-state index contributed by atoms with van der Waals surface area (Å²) in [6.45, 7) is 6.59. The number of carbonyl (C=O) groups is 4. The number of likely N-dealkylation sites (tertiary alicyclic amines) is 2. The minimum Gasteiger partial charge on any atom is -0.453 e. The maximum atomic E-state index is 13.9. The van der Waals surface area contributed by atoms with Gasteiger partial charge >= 0.3 is 12.2 Å². The Bertz CT molecular complexity index is 2350. The minimum atomic E-state index is -0.674. The number of hydrogen-bond donors (Lipinski definition) is 4. The third-order valence-corrected chi connectivity index (χ3v) is 12.3. The summed E-state index contributed by atoms with van der Waals surface area (Å²) in [5, 5.41) is 11.3. The molecule has 4 aromatic rings. The summed E-state index contributed by atoms with van der Waals surface area (Å²) in [4.78, 5) is 68.5. The highest BCUT2D eigenvalue weighted by Gasteiger charge is 2.40. The molecule has 320 valence electrons. The summed E-state index contributed by atoms with van der Waals surface area (Å²) < 4.78 is 15.1. The van der Waals surface area contributed by atoms with E-state index in [-0.39, 0.29) is 41.6 Å². The number of aromatic nitrogens is 2. The molecule has 15 heteroatoms. The Labute approximate surface area is 355 Å². The van der Waals surface area contributed by atoms with E-state index in [4.69, 9.17) is 24.2 Å². The van der Waals surface area contributed by atoms with E-state index in [1.807, 2.05) is 24.9 Å². The highest BCUT2D eigenvalue weighted by molar-refractivity contribution is 5.98. The van der Waals surface area contributed by atoms with Crippen LogP contribution >= 0.6 is 0 Å². The number of amides is 4. The van der Waals surface area contributed by atoms with Gasteiger partial charge in [0.15, 0.2) is 0 Å². The molecule has 4 aliphatic heterocycles. The van der Waals surface area contributed by atoms with Crippen molar-refractivity contribution in [2.75, 3.05) is 47.1 Å². The molecule has 4 aliphatic rings. The van der Waals surface area contributed by atoms with Crippen molar-refractivity contribution in [3.8, 4) is 22.4 Å². The Morgan fingerprint density at radius 2 is 1.49 bits per heavy atom. The summed E-state index contributed by atoms with van der Waals surface area (Å²) in [6, 6.07) is 20.3. The first-order valence-corrected chi connectivity index (χ1v) is 21.2. The van der Waals surface area contributed by atoms with Gasteiger partial charge in [0.1, 0.15) is 23.4 Å². The predicted molar refractivity (Wildman–Crippen MR) is 230 cm³/mol. The van der Waals surface area contributed by atoms with Gasteiger partial charge in [-0.05, 0) is 95.2 Å². The average molecular weight is 831 g/mol. The van der Waals surface area contributed by atoms with E-state index >= 15 is 0 Å². The molecule has 4 amide bonds. The van der Waals surface area contributed by atoms with Crippen LogP contribution in [-0.2, 0) is 23.8 Å². The van der Waals surface area contributed by atoms with Crippen molar-refractivity contribution < 1.29 is 33.4 Å². The van der Waals surface area contributed by atoms with Crippen LogP contribution in [0.5, 0.6) is 0 Å². The highest BCUT2D eigenvalue weighted by atomic mass is 16.5. The topological polar surface area (TPSA) is 180 Å². The predicted octanol–water partition coefficient (Wildman–Crippen LogP) is 6.40. The van der Waals surface area contributed by atoms with Crippen LogP contribution in [-0.4, -0.2) is 109 Å². The molecule has 0 spiro atoms. The number of nitrogens with one attached hydrogen (secondary N) is 4. The molecule has 1 aromatic heterocycles. The molecule has 0 saturated carbocycles. The molecule has 3 fully saturated rings. The summed E-state index contributed by atoms with van der Waals surface area (Å²) in [6.07, 6.45) is 4.95. The summed E-state index contributed by atoms with van der Waals surface area (Å²) in [7, 11) is 2.59. The second-order valence-electron chi connectivity index (χ2n) is 16.4. The largest absolute Gasteiger partial charge is 0.453 e. The summed E-state index contributed by atoms with van der Waals surface area (Å²) in [5.41, 5.74) is 6.30. The second kappa shape index (κ2) is 18.2. The Morgan fingerprint density at radius 1 is 0.820 bits per heavy atom. The number of aromatic amines is 1. The number of nitrogens with zero attached hydrogens (tertiary/aromatic N) is 4. The Balaban J connectivity index is 0.915. The van der Waals surface area contributed by atoms with Gasteiger partial charge in [0.2, 0.25) is 5.91 Å². The lowest BCUT2D eigenvalue weighted by Gasteiger charge is -2.31. The molecule has 3 saturated heterocycles. The number of benzene rings is 3. The lowest BCUT2D eigenvalue weighted by atomic mass is 9.97. The Morgan fingerprint density at radius 3 is 2.23 bits per heavy atom. The number of imidazole rings is 1. The van der Waals surface area contributed by atoms with Gasteiger partial charge in [-0.3, -0.25) is 19.9 Å². The number of alkyl carbamates (subject to hydrolysis) is 2. The van der Waals surface area contributed by atoms with Crippen LogP contribution in [0.2, 0.25) is 0 Å². The Hall–Kier alpha value is -6.22. The fourth-order valence-corrected chi connectivity index (χ4v) is 8.95. The number of rotatable bonds is 10. The summed E-state index contributed by atoms with van der Waals surface area (Å²) in [5.74, 6) is 1.09. The lowest BCUT2D eigenvalue weighted by molar-refractivity contribution is -0.134. The number of aliphatic imine (C=N–C) groups is 1. The number of carbonyl (C=O) groups excluding carboxylic acids is 4. The fourth-order valence-electron chi connectivity index (χ4n) is 8.95. The third kappa shape index (κ3) is 8.83. The molecule has 0 aliphatic carbocycles. The number of H-pyrrole nitrogens is 1. The van der Waals surface area contributed by atoms with Crippen molar-refractivity contribution in [2.45, 2.75) is 76.5 Å². The van der Waals surface area contributed by atoms with Gasteiger partial charge in [-0.15, -0.1) is 0 Å². The van der Waals surface area contributed by atoms with Crippen LogP contribution in [0.3, 0.4) is 0 Å². The van der Waals surface area contributed by atoms with Crippen LogP contribution in [0.4, 0.5) is 9.59 Å². The van der Waals surface area contributed by atoms with Crippen LogP contribution in [0, 0.1) is 5.92 Å². The van der Waals surface area contributed by atoms with E-state index < -0.39 is 18.2 Å². The van der Waals surface area contributed by atoms with Gasteiger partial charge in [-0.1, -0.05) is 62.4 Å². The number of methoxy groups -OCH3 is 2. The van der Waals surface area contributed by atoms with E-state index in [1.165, 1.54) is 14.2 Å². The average Bonchev–Trinajstić information content (AvgIpc) is 4.14. The van der Waals surface area contributed by atoms with Crippen LogP contribution < -0.4 is 16.0 Å². The third-order valence-electron chi connectivity index (χ3n) is 12.3. The molecule has 8 rings (SSSR count). The quantitative estimate of drug-likeness (QED) is 0.132.